The van der Waals surface area contributed by atoms with Crippen molar-refractivity contribution in [1.29, 1.82) is 0 Å². The molecular weight excluding hydrogens is 238 g/mol. The molecule has 0 bridgehead atoms. The number of hydrogen-bond acceptors (Lipinski definition) is 2. The third kappa shape index (κ3) is 2.29. The molecule has 1 aliphatic heterocycles. The number of imide groups is 1. The molecule has 0 N–H and O–H groups in total. The van der Waals surface area contributed by atoms with Gasteiger partial charge in [0.05, 0.1) is 11.1 Å². The summed E-state index contributed by atoms with van der Waals surface area (Å²) in [6, 6.07) is 7.13. The second-order valence-electron chi connectivity index (χ2n) is 5.27. The molecule has 102 valence electrons. The van der Waals surface area contributed by atoms with Crippen LogP contribution in [0.25, 0.3) is 0 Å². The number of carbonyl (C=O) groups is 2. The van der Waals surface area contributed by atoms with Gasteiger partial charge in [-0.3, -0.25) is 14.5 Å². The van der Waals surface area contributed by atoms with Crippen LogP contribution in [0.5, 0.6) is 0 Å². The van der Waals surface area contributed by atoms with Gasteiger partial charge in [-0.1, -0.05) is 45.7 Å². The van der Waals surface area contributed by atoms with Gasteiger partial charge < -0.3 is 0 Å². The summed E-state index contributed by atoms with van der Waals surface area (Å²) >= 11 is 0. The molecule has 2 atom stereocenters. The average molecular weight is 259 g/mol. The Morgan fingerprint density at radius 3 is 2.00 bits per heavy atom. The van der Waals surface area contributed by atoms with Crippen molar-refractivity contribution >= 4 is 11.8 Å². The first-order chi connectivity index (χ1) is 9.11. The van der Waals surface area contributed by atoms with E-state index in [9.17, 15) is 9.59 Å². The van der Waals surface area contributed by atoms with Crippen molar-refractivity contribution in [2.75, 3.05) is 0 Å². The largest absolute Gasteiger partial charge is 0.271 e. The first-order valence-corrected chi connectivity index (χ1v) is 7.08. The van der Waals surface area contributed by atoms with Crippen molar-refractivity contribution in [3.63, 3.8) is 0 Å². The highest BCUT2D eigenvalue weighted by Crippen LogP contribution is 2.29. The minimum Gasteiger partial charge on any atom is -0.271 e. The second-order valence-corrected chi connectivity index (χ2v) is 5.27. The lowest BCUT2D eigenvalue weighted by atomic mass is 9.94. The summed E-state index contributed by atoms with van der Waals surface area (Å²) in [5.74, 6) is 0.0841. The topological polar surface area (TPSA) is 37.4 Å². The van der Waals surface area contributed by atoms with Crippen LogP contribution in [-0.2, 0) is 0 Å². The SMILES string of the molecule is CCC[C@H]([C@@H](C)CC)N1C(=O)c2ccccc2C1=O. The molecule has 2 amide bonds. The van der Waals surface area contributed by atoms with Crippen LogP contribution in [0.15, 0.2) is 24.3 Å². The molecule has 3 heteroatoms. The van der Waals surface area contributed by atoms with Crippen molar-refractivity contribution < 1.29 is 9.59 Å². The highest BCUT2D eigenvalue weighted by atomic mass is 16.2. The van der Waals surface area contributed by atoms with Gasteiger partial charge in [-0.2, -0.15) is 0 Å². The Hall–Kier alpha value is -1.64. The zero-order valence-electron chi connectivity index (χ0n) is 11.8. The number of benzene rings is 1. The van der Waals surface area contributed by atoms with Crippen molar-refractivity contribution in [3.8, 4) is 0 Å². The van der Waals surface area contributed by atoms with Gasteiger partial charge in [0.15, 0.2) is 0 Å². The number of carbonyl (C=O) groups excluding carboxylic acids is 2. The van der Waals surface area contributed by atoms with Gasteiger partial charge in [0.1, 0.15) is 0 Å². The molecular formula is C16H21NO2. The molecule has 0 aromatic heterocycles. The third-order valence-corrected chi connectivity index (χ3v) is 4.04. The summed E-state index contributed by atoms with van der Waals surface area (Å²) in [6.45, 7) is 6.31. The summed E-state index contributed by atoms with van der Waals surface area (Å²) < 4.78 is 0. The van der Waals surface area contributed by atoms with Gasteiger partial charge in [-0.25, -0.2) is 0 Å². The van der Waals surface area contributed by atoms with Crippen LogP contribution < -0.4 is 0 Å². The number of fused-ring (bicyclic) bond motifs is 1. The molecule has 0 aliphatic carbocycles. The smallest absolute Gasteiger partial charge is 0.261 e. The van der Waals surface area contributed by atoms with Gasteiger partial charge in [0, 0.05) is 6.04 Å². The molecule has 0 saturated carbocycles. The molecule has 0 saturated heterocycles. The van der Waals surface area contributed by atoms with E-state index < -0.39 is 0 Å². The monoisotopic (exact) mass is 259 g/mol. The first kappa shape index (κ1) is 13.8. The Morgan fingerprint density at radius 1 is 1.05 bits per heavy atom. The van der Waals surface area contributed by atoms with Gasteiger partial charge in [0.2, 0.25) is 0 Å². The van der Waals surface area contributed by atoms with E-state index in [0.717, 1.165) is 19.3 Å². The fraction of sp³-hybridized carbons (Fsp3) is 0.500. The molecule has 1 heterocycles. The number of nitrogens with zero attached hydrogens (tertiary/aromatic N) is 1. The predicted octanol–water partition coefficient (Wildman–Crippen LogP) is 3.50. The third-order valence-electron chi connectivity index (χ3n) is 4.04. The van der Waals surface area contributed by atoms with Gasteiger partial charge in [0.25, 0.3) is 11.8 Å². The van der Waals surface area contributed by atoms with Crippen LogP contribution in [0.4, 0.5) is 0 Å². The molecule has 0 unspecified atom stereocenters. The summed E-state index contributed by atoms with van der Waals surface area (Å²) in [6.07, 6.45) is 2.82. The van der Waals surface area contributed by atoms with Crippen molar-refractivity contribution in [3.05, 3.63) is 35.4 Å². The fourth-order valence-corrected chi connectivity index (χ4v) is 2.75. The maximum Gasteiger partial charge on any atom is 0.261 e. The van der Waals surface area contributed by atoms with E-state index in [-0.39, 0.29) is 17.9 Å². The summed E-state index contributed by atoms with van der Waals surface area (Å²) in [7, 11) is 0. The first-order valence-electron chi connectivity index (χ1n) is 7.08. The molecule has 0 fully saturated rings. The summed E-state index contributed by atoms with van der Waals surface area (Å²) in [5.41, 5.74) is 1.11. The Bertz CT molecular complexity index is 460. The number of hydrogen-bond donors (Lipinski definition) is 0. The summed E-state index contributed by atoms with van der Waals surface area (Å²) in [5, 5.41) is 0. The van der Waals surface area contributed by atoms with E-state index >= 15 is 0 Å². The van der Waals surface area contributed by atoms with Crippen LogP contribution in [0.2, 0.25) is 0 Å². The normalized spacial score (nSPS) is 17.5. The van der Waals surface area contributed by atoms with E-state index in [2.05, 4.69) is 20.8 Å². The molecule has 1 aromatic rings. The van der Waals surface area contributed by atoms with E-state index in [1.165, 1.54) is 4.90 Å². The fourth-order valence-electron chi connectivity index (χ4n) is 2.75. The number of amides is 2. The molecule has 1 aromatic carbocycles. The average Bonchev–Trinajstić information content (AvgIpc) is 2.68. The second kappa shape index (κ2) is 5.55. The van der Waals surface area contributed by atoms with E-state index in [1.807, 2.05) is 12.1 Å². The van der Waals surface area contributed by atoms with Crippen LogP contribution in [0.1, 0.15) is 60.7 Å². The predicted molar refractivity (Wildman–Crippen MR) is 75.1 cm³/mol. The van der Waals surface area contributed by atoms with Crippen LogP contribution in [-0.4, -0.2) is 22.8 Å². The molecule has 1 aliphatic rings. The minimum absolute atomic E-state index is 0.0161. The highest BCUT2D eigenvalue weighted by molar-refractivity contribution is 6.21. The van der Waals surface area contributed by atoms with Gasteiger partial charge >= 0.3 is 0 Å². The van der Waals surface area contributed by atoms with Crippen LogP contribution >= 0.6 is 0 Å². The van der Waals surface area contributed by atoms with E-state index in [4.69, 9.17) is 0 Å². The Labute approximate surface area is 114 Å². The molecule has 0 radical (unpaired) electrons. The van der Waals surface area contributed by atoms with E-state index in [1.54, 1.807) is 12.1 Å². The molecule has 19 heavy (non-hydrogen) atoms. The van der Waals surface area contributed by atoms with Crippen molar-refractivity contribution in [2.45, 2.75) is 46.1 Å². The Kier molecular flexibility index (Phi) is 4.03. The molecule has 3 nitrogen and oxygen atoms in total. The van der Waals surface area contributed by atoms with Crippen LogP contribution in [0, 0.1) is 5.92 Å². The van der Waals surface area contributed by atoms with Crippen molar-refractivity contribution in [1.82, 2.24) is 4.90 Å². The number of rotatable bonds is 5. The Balaban J connectivity index is 2.36. The van der Waals surface area contributed by atoms with E-state index in [0.29, 0.717) is 17.0 Å². The zero-order chi connectivity index (χ0) is 14.0. The maximum absolute atomic E-state index is 12.4. The lowest BCUT2D eigenvalue weighted by molar-refractivity contribution is 0.0519. The van der Waals surface area contributed by atoms with Gasteiger partial charge in [-0.05, 0) is 24.5 Å². The van der Waals surface area contributed by atoms with Crippen molar-refractivity contribution in [2.24, 2.45) is 5.92 Å². The maximum atomic E-state index is 12.4. The lowest BCUT2D eigenvalue weighted by Crippen LogP contribution is -2.43. The Morgan fingerprint density at radius 2 is 1.58 bits per heavy atom. The summed E-state index contributed by atoms with van der Waals surface area (Å²) in [4.78, 5) is 26.4. The zero-order valence-corrected chi connectivity index (χ0v) is 11.8. The van der Waals surface area contributed by atoms with Gasteiger partial charge in [-0.15, -0.1) is 0 Å². The highest BCUT2D eigenvalue weighted by Gasteiger charge is 2.40. The quantitative estimate of drug-likeness (QED) is 0.759. The molecule has 0 spiro atoms. The minimum atomic E-state index is -0.126. The molecule has 2 rings (SSSR count). The standard InChI is InChI=1S/C16H21NO2/c1-4-8-14(11(3)5-2)17-15(18)12-9-6-7-10-13(12)16(17)19/h6-7,9-11,14H,4-5,8H2,1-3H3/t11-,14+/m0/s1. The van der Waals surface area contributed by atoms with Crippen LogP contribution in [0.3, 0.4) is 0 Å². The lowest BCUT2D eigenvalue weighted by Gasteiger charge is -2.30.